The molecule has 3 aliphatic rings. The average Bonchev–Trinajstić information content (AvgIpc) is 2.69. The zero-order chi connectivity index (χ0) is 10.5. The van der Waals surface area contributed by atoms with Crippen LogP contribution in [0.2, 0.25) is 0 Å². The fourth-order valence-corrected chi connectivity index (χ4v) is 3.44. The molecule has 0 aromatic rings. The molecule has 0 amide bonds. The Balaban J connectivity index is 1.74. The second-order valence-corrected chi connectivity index (χ2v) is 5.38. The maximum Gasteiger partial charge on any atom is 0.171 e. The van der Waals surface area contributed by atoms with Gasteiger partial charge in [-0.1, -0.05) is 0 Å². The molecule has 4 heteroatoms. The number of ether oxygens (including phenoxy) is 2. The van der Waals surface area contributed by atoms with Crippen LogP contribution in [-0.2, 0) is 9.47 Å². The standard InChI is InChI=1S/C11H18ClNO2/c1-13-8-2-3-9(13)5-11(4-8)14-7-10(6-12)15-11/h8-10H,2-7H2,1H3. The molecule has 3 rings (SSSR count). The second kappa shape index (κ2) is 3.59. The van der Waals surface area contributed by atoms with Crippen LogP contribution in [0.3, 0.4) is 0 Å². The Hall–Kier alpha value is 0.170. The van der Waals surface area contributed by atoms with Crippen LogP contribution in [0, 0.1) is 0 Å². The van der Waals surface area contributed by atoms with Crippen molar-refractivity contribution in [1.82, 2.24) is 4.90 Å². The fourth-order valence-electron chi connectivity index (χ4n) is 3.29. The molecule has 3 saturated heterocycles. The number of piperidine rings is 1. The van der Waals surface area contributed by atoms with Crippen LogP contribution in [0.5, 0.6) is 0 Å². The third kappa shape index (κ3) is 1.60. The van der Waals surface area contributed by atoms with Gasteiger partial charge in [0.15, 0.2) is 5.79 Å². The summed E-state index contributed by atoms with van der Waals surface area (Å²) >= 11 is 5.81. The maximum absolute atomic E-state index is 5.99. The van der Waals surface area contributed by atoms with Crippen LogP contribution < -0.4 is 0 Å². The van der Waals surface area contributed by atoms with E-state index in [1.807, 2.05) is 0 Å². The largest absolute Gasteiger partial charge is 0.347 e. The van der Waals surface area contributed by atoms with Crippen LogP contribution in [0.25, 0.3) is 0 Å². The summed E-state index contributed by atoms with van der Waals surface area (Å²) in [7, 11) is 2.23. The van der Waals surface area contributed by atoms with Crippen molar-refractivity contribution in [2.24, 2.45) is 0 Å². The van der Waals surface area contributed by atoms with Crippen molar-refractivity contribution < 1.29 is 9.47 Å². The van der Waals surface area contributed by atoms with Crippen molar-refractivity contribution in [3.63, 3.8) is 0 Å². The van der Waals surface area contributed by atoms with Crippen molar-refractivity contribution in [2.75, 3.05) is 19.5 Å². The smallest absolute Gasteiger partial charge is 0.171 e. The highest BCUT2D eigenvalue weighted by Gasteiger charge is 2.52. The number of nitrogens with zero attached hydrogens (tertiary/aromatic N) is 1. The molecule has 2 bridgehead atoms. The number of rotatable bonds is 1. The highest BCUT2D eigenvalue weighted by Crippen LogP contribution is 2.45. The van der Waals surface area contributed by atoms with E-state index < -0.39 is 0 Å². The van der Waals surface area contributed by atoms with Crippen LogP contribution in [-0.4, -0.2) is 48.4 Å². The van der Waals surface area contributed by atoms with Crippen LogP contribution >= 0.6 is 11.6 Å². The number of hydrogen-bond acceptors (Lipinski definition) is 3. The molecule has 0 aliphatic carbocycles. The lowest BCUT2D eigenvalue weighted by molar-refractivity contribution is -0.204. The molecule has 0 aromatic carbocycles. The quantitative estimate of drug-likeness (QED) is 0.640. The summed E-state index contributed by atoms with van der Waals surface area (Å²) in [6, 6.07) is 1.30. The summed E-state index contributed by atoms with van der Waals surface area (Å²) in [5, 5.41) is 0. The Morgan fingerprint density at radius 2 is 2.00 bits per heavy atom. The van der Waals surface area contributed by atoms with E-state index in [1.165, 1.54) is 12.8 Å². The van der Waals surface area contributed by atoms with Crippen LogP contribution in [0.15, 0.2) is 0 Å². The van der Waals surface area contributed by atoms with Gasteiger partial charge in [-0.15, -0.1) is 11.6 Å². The third-order valence-corrected chi connectivity index (χ3v) is 4.51. The van der Waals surface area contributed by atoms with Gasteiger partial charge in [0.2, 0.25) is 0 Å². The summed E-state index contributed by atoms with van der Waals surface area (Å²) in [6.45, 7) is 0.673. The average molecular weight is 232 g/mol. The molecule has 0 saturated carbocycles. The first kappa shape index (κ1) is 10.3. The van der Waals surface area contributed by atoms with Crippen molar-refractivity contribution in [3.8, 4) is 0 Å². The summed E-state index contributed by atoms with van der Waals surface area (Å²) < 4.78 is 11.9. The lowest BCUT2D eigenvalue weighted by Gasteiger charge is -2.41. The van der Waals surface area contributed by atoms with E-state index in [4.69, 9.17) is 21.1 Å². The predicted octanol–water partition coefficient (Wildman–Crippen LogP) is 1.59. The zero-order valence-electron chi connectivity index (χ0n) is 9.12. The van der Waals surface area contributed by atoms with Gasteiger partial charge in [0.1, 0.15) is 0 Å². The van der Waals surface area contributed by atoms with E-state index in [9.17, 15) is 0 Å². The lowest BCUT2D eigenvalue weighted by Crippen LogP contribution is -2.50. The summed E-state index contributed by atoms with van der Waals surface area (Å²) in [5.41, 5.74) is 0. The van der Waals surface area contributed by atoms with E-state index in [0.29, 0.717) is 24.6 Å². The Labute approximate surface area is 95.7 Å². The summed E-state index contributed by atoms with van der Waals surface area (Å²) in [6.07, 6.45) is 4.73. The van der Waals surface area contributed by atoms with E-state index in [1.54, 1.807) is 0 Å². The predicted molar refractivity (Wildman–Crippen MR) is 58.1 cm³/mol. The summed E-state index contributed by atoms with van der Waals surface area (Å²) in [5.74, 6) is 0.255. The topological polar surface area (TPSA) is 21.7 Å². The molecule has 15 heavy (non-hydrogen) atoms. The lowest BCUT2D eigenvalue weighted by atomic mass is 9.97. The fraction of sp³-hybridized carbons (Fsp3) is 1.00. The molecule has 0 radical (unpaired) electrons. The molecule has 3 nitrogen and oxygen atoms in total. The van der Waals surface area contributed by atoms with Crippen LogP contribution in [0.4, 0.5) is 0 Å². The SMILES string of the molecule is CN1C2CCC1CC1(C2)OCC(CCl)O1. The Morgan fingerprint density at radius 3 is 2.53 bits per heavy atom. The first-order valence-electron chi connectivity index (χ1n) is 5.82. The number of alkyl halides is 1. The second-order valence-electron chi connectivity index (χ2n) is 5.07. The molecule has 3 aliphatic heterocycles. The third-order valence-electron chi connectivity index (χ3n) is 4.16. The number of hydrogen-bond donors (Lipinski definition) is 0. The first-order valence-corrected chi connectivity index (χ1v) is 6.35. The van der Waals surface area contributed by atoms with Gasteiger partial charge in [0.25, 0.3) is 0 Å². The molecule has 86 valence electrons. The molecule has 3 heterocycles. The van der Waals surface area contributed by atoms with Crippen molar-refractivity contribution in [3.05, 3.63) is 0 Å². The minimum absolute atomic E-state index is 0.106. The van der Waals surface area contributed by atoms with Gasteiger partial charge >= 0.3 is 0 Å². The normalized spacial score (nSPS) is 50.4. The number of fused-ring (bicyclic) bond motifs is 2. The van der Waals surface area contributed by atoms with Gasteiger partial charge in [0, 0.05) is 24.9 Å². The van der Waals surface area contributed by atoms with Gasteiger partial charge in [-0.2, -0.15) is 0 Å². The van der Waals surface area contributed by atoms with Gasteiger partial charge in [-0.05, 0) is 19.9 Å². The minimum Gasteiger partial charge on any atom is -0.347 e. The van der Waals surface area contributed by atoms with Gasteiger partial charge in [-0.25, -0.2) is 0 Å². The van der Waals surface area contributed by atoms with Crippen molar-refractivity contribution in [2.45, 2.75) is 49.7 Å². The Kier molecular flexibility index (Phi) is 2.47. The first-order chi connectivity index (χ1) is 7.22. The Morgan fingerprint density at radius 1 is 1.33 bits per heavy atom. The van der Waals surface area contributed by atoms with E-state index in [2.05, 4.69) is 11.9 Å². The molecular weight excluding hydrogens is 214 g/mol. The molecule has 0 aromatic heterocycles. The highest BCUT2D eigenvalue weighted by atomic mass is 35.5. The van der Waals surface area contributed by atoms with Crippen LogP contribution in [0.1, 0.15) is 25.7 Å². The number of halogens is 1. The summed E-state index contributed by atoms with van der Waals surface area (Å²) in [4.78, 5) is 2.49. The van der Waals surface area contributed by atoms with E-state index in [0.717, 1.165) is 12.8 Å². The van der Waals surface area contributed by atoms with E-state index in [-0.39, 0.29) is 11.9 Å². The highest BCUT2D eigenvalue weighted by molar-refractivity contribution is 6.18. The maximum atomic E-state index is 5.99. The molecular formula is C11H18ClNO2. The zero-order valence-corrected chi connectivity index (χ0v) is 9.87. The minimum atomic E-state index is -0.294. The molecule has 0 N–H and O–H groups in total. The monoisotopic (exact) mass is 231 g/mol. The van der Waals surface area contributed by atoms with Gasteiger partial charge in [-0.3, -0.25) is 0 Å². The van der Waals surface area contributed by atoms with Gasteiger partial charge in [0.05, 0.1) is 18.6 Å². The van der Waals surface area contributed by atoms with Gasteiger partial charge < -0.3 is 14.4 Å². The molecule has 3 atom stereocenters. The van der Waals surface area contributed by atoms with Crippen molar-refractivity contribution in [1.29, 1.82) is 0 Å². The molecule has 3 unspecified atom stereocenters. The Bertz CT molecular complexity index is 247. The molecule has 3 fully saturated rings. The van der Waals surface area contributed by atoms with E-state index >= 15 is 0 Å². The molecule has 1 spiro atoms. The van der Waals surface area contributed by atoms with Crippen molar-refractivity contribution >= 4 is 11.6 Å².